The third kappa shape index (κ3) is 2.79. The van der Waals surface area contributed by atoms with Gasteiger partial charge in [0, 0.05) is 10.9 Å². The highest BCUT2D eigenvalue weighted by atomic mass is 16.5. The average Bonchev–Trinajstić information content (AvgIpc) is 2.36. The van der Waals surface area contributed by atoms with E-state index in [4.69, 9.17) is 10.6 Å². The van der Waals surface area contributed by atoms with Crippen LogP contribution >= 0.6 is 0 Å². The number of benzene rings is 1. The third-order valence-electron chi connectivity index (χ3n) is 3.04. The normalized spacial score (nSPS) is 11.6. The van der Waals surface area contributed by atoms with E-state index in [0.717, 1.165) is 28.0 Å². The first-order valence-electron chi connectivity index (χ1n) is 6.50. The number of nitrogens with zero attached hydrogens (tertiary/aromatic N) is 1. The van der Waals surface area contributed by atoms with Gasteiger partial charge in [0.05, 0.1) is 12.1 Å². The van der Waals surface area contributed by atoms with E-state index in [1.807, 2.05) is 25.1 Å². The summed E-state index contributed by atoms with van der Waals surface area (Å²) in [5.74, 6) is 7.17. The molecule has 0 bridgehead atoms. The van der Waals surface area contributed by atoms with Gasteiger partial charge in [0.25, 0.3) is 0 Å². The predicted octanol–water partition coefficient (Wildman–Crippen LogP) is 3.22. The molecule has 3 N–H and O–H groups in total. The second-order valence-corrected chi connectivity index (χ2v) is 5.57. The molecule has 0 aliphatic carbocycles. The van der Waals surface area contributed by atoms with Crippen molar-refractivity contribution in [3.8, 4) is 5.75 Å². The molecule has 0 aliphatic heterocycles. The van der Waals surface area contributed by atoms with Gasteiger partial charge in [-0.2, -0.15) is 0 Å². The summed E-state index contributed by atoms with van der Waals surface area (Å²) < 4.78 is 5.53. The van der Waals surface area contributed by atoms with Gasteiger partial charge in [-0.15, -0.1) is 0 Å². The maximum atomic E-state index is 5.58. The monoisotopic (exact) mass is 259 g/mol. The number of anilines is 1. The molecule has 0 unspecified atom stereocenters. The van der Waals surface area contributed by atoms with Crippen LogP contribution in [0.25, 0.3) is 10.9 Å². The fraction of sp³-hybridized carbons (Fsp3) is 0.400. The van der Waals surface area contributed by atoms with Gasteiger partial charge >= 0.3 is 0 Å². The van der Waals surface area contributed by atoms with Gasteiger partial charge in [-0.25, -0.2) is 10.8 Å². The molecule has 0 saturated heterocycles. The van der Waals surface area contributed by atoms with E-state index in [1.165, 1.54) is 0 Å². The number of nitrogens with one attached hydrogen (secondary N) is 1. The number of nitrogen functional groups attached to an aromatic ring is 1. The molecule has 0 saturated carbocycles. The fourth-order valence-electron chi connectivity index (χ4n) is 2.09. The highest BCUT2D eigenvalue weighted by Gasteiger charge is 2.19. The molecule has 1 aromatic heterocycles. The van der Waals surface area contributed by atoms with E-state index in [9.17, 15) is 0 Å². The quantitative estimate of drug-likeness (QED) is 0.656. The molecule has 19 heavy (non-hydrogen) atoms. The van der Waals surface area contributed by atoms with Crippen molar-refractivity contribution >= 4 is 16.7 Å². The topological polar surface area (TPSA) is 60.2 Å². The third-order valence-corrected chi connectivity index (χ3v) is 3.04. The van der Waals surface area contributed by atoms with E-state index >= 15 is 0 Å². The molecule has 0 radical (unpaired) electrons. The number of hydrogen-bond donors (Lipinski definition) is 2. The van der Waals surface area contributed by atoms with Crippen molar-refractivity contribution in [1.29, 1.82) is 0 Å². The van der Waals surface area contributed by atoms with Crippen molar-refractivity contribution in [3.63, 3.8) is 0 Å². The second-order valence-electron chi connectivity index (χ2n) is 5.57. The summed E-state index contributed by atoms with van der Waals surface area (Å²) in [4.78, 5) is 4.57. The number of hydrazine groups is 1. The largest absolute Gasteiger partial charge is 0.494 e. The van der Waals surface area contributed by atoms with Crippen LogP contribution in [0.5, 0.6) is 5.75 Å². The Morgan fingerprint density at radius 2 is 2.00 bits per heavy atom. The van der Waals surface area contributed by atoms with Crippen LogP contribution in [-0.4, -0.2) is 11.6 Å². The van der Waals surface area contributed by atoms with Gasteiger partial charge in [-0.05, 0) is 36.6 Å². The zero-order valence-electron chi connectivity index (χ0n) is 11.9. The molecule has 102 valence electrons. The Morgan fingerprint density at radius 3 is 2.58 bits per heavy atom. The summed E-state index contributed by atoms with van der Waals surface area (Å²) in [6, 6.07) is 8.02. The van der Waals surface area contributed by atoms with E-state index < -0.39 is 0 Å². The first kappa shape index (κ1) is 13.6. The maximum absolute atomic E-state index is 5.58. The maximum Gasteiger partial charge on any atom is 0.144 e. The lowest BCUT2D eigenvalue weighted by Crippen LogP contribution is -2.19. The Balaban J connectivity index is 2.62. The number of aromatic nitrogens is 1. The summed E-state index contributed by atoms with van der Waals surface area (Å²) in [5, 5.41) is 1.06. The van der Waals surface area contributed by atoms with Gasteiger partial charge in [0.2, 0.25) is 0 Å². The average molecular weight is 259 g/mol. The summed E-state index contributed by atoms with van der Waals surface area (Å²) in [6.07, 6.45) is 0. The first-order chi connectivity index (χ1) is 8.95. The lowest BCUT2D eigenvalue weighted by molar-refractivity contribution is 0.340. The Kier molecular flexibility index (Phi) is 3.62. The number of nitrogens with two attached hydrogens (primary N) is 1. The van der Waals surface area contributed by atoms with Crippen LogP contribution in [0, 0.1) is 0 Å². The van der Waals surface area contributed by atoms with Crippen LogP contribution in [0.15, 0.2) is 24.3 Å². The van der Waals surface area contributed by atoms with Crippen LogP contribution in [-0.2, 0) is 5.41 Å². The zero-order valence-corrected chi connectivity index (χ0v) is 11.9. The van der Waals surface area contributed by atoms with Crippen molar-refractivity contribution < 1.29 is 4.74 Å². The van der Waals surface area contributed by atoms with Crippen molar-refractivity contribution in [2.24, 2.45) is 5.84 Å². The summed E-state index contributed by atoms with van der Waals surface area (Å²) in [5.41, 5.74) is 4.67. The fourth-order valence-corrected chi connectivity index (χ4v) is 2.09. The Morgan fingerprint density at radius 1 is 1.26 bits per heavy atom. The molecule has 2 aromatic rings. The van der Waals surface area contributed by atoms with E-state index in [2.05, 4.69) is 37.2 Å². The molecule has 0 spiro atoms. The van der Waals surface area contributed by atoms with E-state index in [-0.39, 0.29) is 5.41 Å². The number of rotatable bonds is 3. The Hall–Kier alpha value is -1.81. The Bertz CT molecular complexity index is 588. The molecule has 1 heterocycles. The lowest BCUT2D eigenvalue weighted by Gasteiger charge is -2.22. The molecule has 4 heteroatoms. The smallest absolute Gasteiger partial charge is 0.144 e. The van der Waals surface area contributed by atoms with Gasteiger partial charge in [-0.1, -0.05) is 20.8 Å². The van der Waals surface area contributed by atoms with Crippen molar-refractivity contribution in [2.75, 3.05) is 12.0 Å². The zero-order chi connectivity index (χ0) is 14.0. The highest BCUT2D eigenvalue weighted by molar-refractivity contribution is 5.83. The highest BCUT2D eigenvalue weighted by Crippen LogP contribution is 2.32. The van der Waals surface area contributed by atoms with Gasteiger partial charge in [-0.3, -0.25) is 0 Å². The van der Waals surface area contributed by atoms with Crippen LogP contribution < -0.4 is 16.0 Å². The molecular formula is C15H21N3O. The van der Waals surface area contributed by atoms with E-state index in [1.54, 1.807) is 0 Å². The lowest BCUT2D eigenvalue weighted by atomic mass is 9.86. The molecule has 0 amide bonds. The van der Waals surface area contributed by atoms with Crippen molar-refractivity contribution in [1.82, 2.24) is 4.98 Å². The number of pyridine rings is 1. The first-order valence-corrected chi connectivity index (χ1v) is 6.50. The van der Waals surface area contributed by atoms with Gasteiger partial charge in [0.15, 0.2) is 0 Å². The van der Waals surface area contributed by atoms with Gasteiger partial charge < -0.3 is 10.2 Å². The molecule has 0 aliphatic rings. The van der Waals surface area contributed by atoms with Crippen LogP contribution in [0.1, 0.15) is 33.3 Å². The van der Waals surface area contributed by atoms with E-state index in [0.29, 0.717) is 6.61 Å². The summed E-state index contributed by atoms with van der Waals surface area (Å²) in [6.45, 7) is 9.06. The van der Waals surface area contributed by atoms with Crippen molar-refractivity contribution in [3.05, 3.63) is 29.8 Å². The summed E-state index contributed by atoms with van der Waals surface area (Å²) >= 11 is 0. The SMILES string of the molecule is CCOc1ccc2nc(NN)c(C(C)(C)C)cc2c1. The minimum absolute atomic E-state index is 0.0233. The van der Waals surface area contributed by atoms with Crippen LogP contribution in [0.4, 0.5) is 5.82 Å². The van der Waals surface area contributed by atoms with Crippen LogP contribution in [0.2, 0.25) is 0 Å². The molecule has 0 atom stereocenters. The Labute approximate surface area is 113 Å². The minimum Gasteiger partial charge on any atom is -0.494 e. The molecule has 4 nitrogen and oxygen atoms in total. The minimum atomic E-state index is -0.0233. The predicted molar refractivity (Wildman–Crippen MR) is 79.4 cm³/mol. The number of ether oxygens (including phenoxy) is 1. The number of fused-ring (bicyclic) bond motifs is 1. The number of hydrogen-bond acceptors (Lipinski definition) is 4. The van der Waals surface area contributed by atoms with Gasteiger partial charge in [0.1, 0.15) is 11.6 Å². The molecule has 1 aromatic carbocycles. The molecular weight excluding hydrogens is 238 g/mol. The molecule has 0 fully saturated rings. The summed E-state index contributed by atoms with van der Waals surface area (Å²) in [7, 11) is 0. The van der Waals surface area contributed by atoms with Crippen LogP contribution in [0.3, 0.4) is 0 Å². The standard InChI is InChI=1S/C15H21N3O/c1-5-19-11-6-7-13-10(8-11)9-12(15(2,3)4)14(17-13)18-16/h6-9H,5,16H2,1-4H3,(H,17,18). The van der Waals surface area contributed by atoms with Crippen molar-refractivity contribution in [2.45, 2.75) is 33.1 Å². The molecule has 2 rings (SSSR count). The second kappa shape index (κ2) is 5.05.